The number of hydrogen-bond donors (Lipinski definition) is 2. The molecule has 4 rings (SSSR count). The Bertz CT molecular complexity index is 1290. The van der Waals surface area contributed by atoms with Gasteiger partial charge in [0, 0.05) is 23.9 Å². The van der Waals surface area contributed by atoms with Crippen LogP contribution in [0.4, 0.5) is 5.69 Å². The Labute approximate surface area is 231 Å². The molecule has 1 aliphatic heterocycles. The molecule has 10 nitrogen and oxygen atoms in total. The van der Waals surface area contributed by atoms with Gasteiger partial charge in [0.05, 0.1) is 33.1 Å². The van der Waals surface area contributed by atoms with E-state index in [4.69, 9.17) is 30.2 Å². The SMILES string of the molecule is COc1ccc([C@@H](C(=O)NC[C@H]2CCCO2)N(C(=O)CNC(=O)c2ccco2)c2cccc(Cl)c2)cc1OC. The van der Waals surface area contributed by atoms with Crippen LogP contribution in [0.1, 0.15) is 35.0 Å². The number of ether oxygens (including phenoxy) is 3. The van der Waals surface area contributed by atoms with Crippen molar-refractivity contribution in [2.24, 2.45) is 0 Å². The standard InChI is InChI=1S/C28H30ClN3O7/c1-36-22-11-10-18(14-24(22)37-2)26(28(35)30-16-21-8-4-12-38-21)32(20-7-3-6-19(29)15-20)25(33)17-31-27(34)23-9-5-13-39-23/h3,5-7,9-11,13-15,21,26H,4,8,12,16-17H2,1-2H3,(H,30,35)(H,31,34)/t21-,26+/m1/s1. The zero-order valence-corrected chi connectivity index (χ0v) is 22.4. The summed E-state index contributed by atoms with van der Waals surface area (Å²) in [5, 5.41) is 5.86. The summed E-state index contributed by atoms with van der Waals surface area (Å²) < 4.78 is 21.6. The molecule has 0 spiro atoms. The zero-order chi connectivity index (χ0) is 27.8. The van der Waals surface area contributed by atoms with Crippen LogP contribution in [0.2, 0.25) is 5.02 Å². The molecule has 2 heterocycles. The number of amides is 3. The highest BCUT2D eigenvalue weighted by atomic mass is 35.5. The van der Waals surface area contributed by atoms with E-state index in [1.165, 1.54) is 31.4 Å². The van der Waals surface area contributed by atoms with Crippen molar-refractivity contribution < 1.29 is 33.0 Å². The molecule has 11 heteroatoms. The second-order valence-electron chi connectivity index (χ2n) is 8.80. The Morgan fingerprint density at radius 3 is 2.54 bits per heavy atom. The van der Waals surface area contributed by atoms with Crippen LogP contribution >= 0.6 is 11.6 Å². The summed E-state index contributed by atoms with van der Waals surface area (Å²) in [6.07, 6.45) is 3.00. The highest BCUT2D eigenvalue weighted by molar-refractivity contribution is 6.31. The number of benzene rings is 2. The van der Waals surface area contributed by atoms with E-state index in [1.807, 2.05) is 0 Å². The van der Waals surface area contributed by atoms with Crippen LogP contribution in [0, 0.1) is 0 Å². The Morgan fingerprint density at radius 2 is 1.87 bits per heavy atom. The third-order valence-corrected chi connectivity index (χ3v) is 6.49. The second kappa shape index (κ2) is 13.2. The summed E-state index contributed by atoms with van der Waals surface area (Å²) >= 11 is 6.28. The lowest BCUT2D eigenvalue weighted by molar-refractivity contribution is -0.126. The van der Waals surface area contributed by atoms with Crippen LogP contribution in [-0.2, 0) is 14.3 Å². The number of rotatable bonds is 11. The smallest absolute Gasteiger partial charge is 0.287 e. The summed E-state index contributed by atoms with van der Waals surface area (Å²) in [5.41, 5.74) is 0.829. The van der Waals surface area contributed by atoms with Gasteiger partial charge in [-0.2, -0.15) is 0 Å². The molecule has 3 amide bonds. The zero-order valence-electron chi connectivity index (χ0n) is 21.6. The average Bonchev–Trinajstić information content (AvgIpc) is 3.68. The van der Waals surface area contributed by atoms with Crippen LogP contribution in [0.25, 0.3) is 0 Å². The van der Waals surface area contributed by atoms with Gasteiger partial charge in [-0.25, -0.2) is 0 Å². The predicted molar refractivity (Wildman–Crippen MR) is 144 cm³/mol. The topological polar surface area (TPSA) is 119 Å². The monoisotopic (exact) mass is 555 g/mol. The van der Waals surface area contributed by atoms with E-state index in [-0.39, 0.29) is 18.4 Å². The van der Waals surface area contributed by atoms with E-state index >= 15 is 0 Å². The van der Waals surface area contributed by atoms with Gasteiger partial charge in [0.25, 0.3) is 5.91 Å². The molecule has 0 unspecified atom stereocenters. The Hall–Kier alpha value is -4.02. The summed E-state index contributed by atoms with van der Waals surface area (Å²) in [4.78, 5) is 41.4. The highest BCUT2D eigenvalue weighted by Crippen LogP contribution is 2.35. The Morgan fingerprint density at radius 1 is 1.05 bits per heavy atom. The van der Waals surface area contributed by atoms with Gasteiger partial charge in [0.1, 0.15) is 6.04 Å². The van der Waals surface area contributed by atoms with Crippen molar-refractivity contribution in [2.45, 2.75) is 25.0 Å². The van der Waals surface area contributed by atoms with E-state index in [0.717, 1.165) is 12.8 Å². The molecule has 1 saturated heterocycles. The van der Waals surface area contributed by atoms with Crippen molar-refractivity contribution >= 4 is 35.0 Å². The van der Waals surface area contributed by atoms with E-state index in [9.17, 15) is 14.4 Å². The van der Waals surface area contributed by atoms with Gasteiger partial charge in [-0.05, 0) is 60.9 Å². The summed E-state index contributed by atoms with van der Waals surface area (Å²) in [7, 11) is 2.99. The molecule has 3 aromatic rings. The lowest BCUT2D eigenvalue weighted by atomic mass is 10.0. The van der Waals surface area contributed by atoms with E-state index in [2.05, 4.69) is 10.6 Å². The lowest BCUT2D eigenvalue weighted by Crippen LogP contribution is -2.48. The van der Waals surface area contributed by atoms with Crippen LogP contribution in [-0.4, -0.2) is 57.7 Å². The third-order valence-electron chi connectivity index (χ3n) is 6.26. The van der Waals surface area contributed by atoms with Crippen LogP contribution in [0.15, 0.2) is 65.3 Å². The molecule has 0 saturated carbocycles. The van der Waals surface area contributed by atoms with E-state index in [0.29, 0.717) is 34.4 Å². The molecule has 39 heavy (non-hydrogen) atoms. The number of furan rings is 1. The Balaban J connectivity index is 1.71. The minimum Gasteiger partial charge on any atom is -0.493 e. The fourth-order valence-corrected chi connectivity index (χ4v) is 4.54. The van der Waals surface area contributed by atoms with Gasteiger partial charge < -0.3 is 29.3 Å². The van der Waals surface area contributed by atoms with Crippen LogP contribution < -0.4 is 25.0 Å². The number of halogens is 1. The molecule has 1 fully saturated rings. The first-order valence-corrected chi connectivity index (χ1v) is 12.8. The third kappa shape index (κ3) is 6.90. The number of nitrogens with zero attached hydrogens (tertiary/aromatic N) is 1. The first-order valence-electron chi connectivity index (χ1n) is 12.4. The van der Waals surface area contributed by atoms with Crippen LogP contribution in [0.3, 0.4) is 0 Å². The molecular weight excluding hydrogens is 526 g/mol. The van der Waals surface area contributed by atoms with E-state index in [1.54, 1.807) is 48.5 Å². The van der Waals surface area contributed by atoms with Gasteiger partial charge in [0.15, 0.2) is 17.3 Å². The fraction of sp³-hybridized carbons (Fsp3) is 0.321. The number of carbonyl (C=O) groups is 3. The van der Waals surface area contributed by atoms with Gasteiger partial charge >= 0.3 is 0 Å². The number of methoxy groups -OCH3 is 2. The molecule has 2 N–H and O–H groups in total. The molecular formula is C28H30ClN3O7. The number of carbonyl (C=O) groups excluding carboxylic acids is 3. The molecule has 0 radical (unpaired) electrons. The summed E-state index contributed by atoms with van der Waals surface area (Å²) in [6.45, 7) is 0.520. The summed E-state index contributed by atoms with van der Waals surface area (Å²) in [6, 6.07) is 13.5. The minimum atomic E-state index is -1.14. The number of hydrogen-bond acceptors (Lipinski definition) is 7. The molecule has 2 atom stereocenters. The molecule has 0 aliphatic carbocycles. The number of anilines is 1. The first-order chi connectivity index (χ1) is 18.9. The van der Waals surface area contributed by atoms with E-state index < -0.39 is 30.3 Å². The van der Waals surface area contributed by atoms with Crippen LogP contribution in [0.5, 0.6) is 11.5 Å². The van der Waals surface area contributed by atoms with Gasteiger partial charge in [-0.3, -0.25) is 19.3 Å². The maximum Gasteiger partial charge on any atom is 0.287 e. The summed E-state index contributed by atoms with van der Waals surface area (Å²) in [5.74, 6) is -0.650. The van der Waals surface area contributed by atoms with Crippen molar-refractivity contribution in [1.29, 1.82) is 0 Å². The fourth-order valence-electron chi connectivity index (χ4n) is 4.36. The van der Waals surface area contributed by atoms with Gasteiger partial charge in [0.2, 0.25) is 11.8 Å². The molecule has 206 valence electrons. The van der Waals surface area contributed by atoms with Crippen molar-refractivity contribution in [3.05, 3.63) is 77.2 Å². The quantitative estimate of drug-likeness (QED) is 0.370. The normalized spacial score (nSPS) is 15.3. The lowest BCUT2D eigenvalue weighted by Gasteiger charge is -2.32. The van der Waals surface area contributed by atoms with Crippen molar-refractivity contribution in [3.8, 4) is 11.5 Å². The highest BCUT2D eigenvalue weighted by Gasteiger charge is 2.34. The van der Waals surface area contributed by atoms with Crippen molar-refractivity contribution in [1.82, 2.24) is 10.6 Å². The molecule has 1 aliphatic rings. The van der Waals surface area contributed by atoms with Crippen molar-refractivity contribution in [2.75, 3.05) is 38.8 Å². The molecule has 2 aromatic carbocycles. The van der Waals surface area contributed by atoms with Gasteiger partial charge in [-0.1, -0.05) is 23.7 Å². The predicted octanol–water partition coefficient (Wildman–Crippen LogP) is 3.75. The number of nitrogens with one attached hydrogen (secondary N) is 2. The Kier molecular flexibility index (Phi) is 9.45. The van der Waals surface area contributed by atoms with Crippen molar-refractivity contribution in [3.63, 3.8) is 0 Å². The molecule has 1 aromatic heterocycles. The maximum atomic E-state index is 13.8. The van der Waals surface area contributed by atoms with Gasteiger partial charge in [-0.15, -0.1) is 0 Å². The first kappa shape index (κ1) is 28.0. The average molecular weight is 556 g/mol. The second-order valence-corrected chi connectivity index (χ2v) is 9.24. The largest absolute Gasteiger partial charge is 0.493 e. The molecule has 0 bridgehead atoms. The maximum absolute atomic E-state index is 13.8. The minimum absolute atomic E-state index is 0.0582.